The van der Waals surface area contributed by atoms with E-state index in [2.05, 4.69) is 33.4 Å². The highest BCUT2D eigenvalue weighted by Crippen LogP contribution is 2.32. The summed E-state index contributed by atoms with van der Waals surface area (Å²) < 4.78 is 0. The monoisotopic (exact) mass is 363 g/mol. The lowest BCUT2D eigenvalue weighted by Gasteiger charge is -2.30. The average Bonchev–Trinajstić information content (AvgIpc) is 2.69. The molecule has 0 unspecified atom stereocenters. The lowest BCUT2D eigenvalue weighted by molar-refractivity contribution is 0.102. The van der Waals surface area contributed by atoms with Gasteiger partial charge in [0.25, 0.3) is 5.91 Å². The molecule has 1 aromatic heterocycles. The van der Waals surface area contributed by atoms with E-state index in [1.54, 1.807) is 36.5 Å². The number of hydrogen-bond donors (Lipinski definition) is 1. The second-order valence-electron chi connectivity index (χ2n) is 6.25. The Labute approximate surface area is 157 Å². The third-order valence-corrected chi connectivity index (χ3v) is 4.75. The van der Waals surface area contributed by atoms with Crippen LogP contribution >= 0.6 is 11.6 Å². The summed E-state index contributed by atoms with van der Waals surface area (Å²) in [5.74, 6) is 0.627. The minimum atomic E-state index is -0.165. The zero-order chi connectivity index (χ0) is 17.9. The molecule has 0 saturated heterocycles. The third kappa shape index (κ3) is 3.41. The Morgan fingerprint density at radius 2 is 1.88 bits per heavy atom. The van der Waals surface area contributed by atoms with Crippen LogP contribution in [0.4, 0.5) is 17.2 Å². The second-order valence-corrected chi connectivity index (χ2v) is 6.68. The standard InChI is InChI=1S/C21H18ClN3O/c22-17-7-9-18(10-8-17)24-21(26)16-11-12-23-20(14-16)25-13-3-5-15-4-1-2-6-19(15)25/h1-2,4,6-12,14H,3,5,13H2,(H,24,26). The minimum Gasteiger partial charge on any atom is -0.326 e. The molecule has 4 rings (SSSR count). The Morgan fingerprint density at radius 3 is 2.73 bits per heavy atom. The van der Waals surface area contributed by atoms with Gasteiger partial charge >= 0.3 is 0 Å². The predicted octanol–water partition coefficient (Wildman–Crippen LogP) is 5.07. The van der Waals surface area contributed by atoms with Crippen LogP contribution in [0, 0.1) is 0 Å². The summed E-state index contributed by atoms with van der Waals surface area (Å²) in [5.41, 5.74) is 3.77. The Kier molecular flexibility index (Phi) is 4.59. The number of amides is 1. The van der Waals surface area contributed by atoms with Crippen molar-refractivity contribution in [2.75, 3.05) is 16.8 Å². The van der Waals surface area contributed by atoms with Gasteiger partial charge < -0.3 is 10.2 Å². The number of carbonyl (C=O) groups excluding carboxylic acids is 1. The molecule has 130 valence electrons. The van der Waals surface area contributed by atoms with Crippen molar-refractivity contribution in [3.8, 4) is 0 Å². The number of aryl methyl sites for hydroxylation is 1. The van der Waals surface area contributed by atoms with Crippen LogP contribution in [0.15, 0.2) is 66.9 Å². The van der Waals surface area contributed by atoms with Gasteiger partial charge in [0.05, 0.1) is 0 Å². The number of halogens is 1. The van der Waals surface area contributed by atoms with Crippen molar-refractivity contribution in [2.24, 2.45) is 0 Å². The number of anilines is 3. The molecule has 0 atom stereocenters. The highest BCUT2D eigenvalue weighted by molar-refractivity contribution is 6.30. The number of fused-ring (bicyclic) bond motifs is 1. The van der Waals surface area contributed by atoms with E-state index in [9.17, 15) is 4.79 Å². The van der Waals surface area contributed by atoms with Crippen LogP contribution in [0.2, 0.25) is 5.02 Å². The van der Waals surface area contributed by atoms with E-state index in [1.807, 2.05) is 12.1 Å². The normalized spacial score (nSPS) is 13.2. The molecule has 2 aromatic carbocycles. The molecular weight excluding hydrogens is 346 g/mol. The van der Waals surface area contributed by atoms with E-state index in [0.29, 0.717) is 16.3 Å². The van der Waals surface area contributed by atoms with Crippen LogP contribution in [0.25, 0.3) is 0 Å². The molecule has 4 nitrogen and oxygen atoms in total. The minimum absolute atomic E-state index is 0.165. The van der Waals surface area contributed by atoms with Gasteiger partial charge in [-0.3, -0.25) is 4.79 Å². The van der Waals surface area contributed by atoms with Gasteiger partial charge in [0.15, 0.2) is 0 Å². The quantitative estimate of drug-likeness (QED) is 0.706. The van der Waals surface area contributed by atoms with Crippen LogP contribution < -0.4 is 10.2 Å². The fourth-order valence-corrected chi connectivity index (χ4v) is 3.34. The Bertz CT molecular complexity index is 940. The van der Waals surface area contributed by atoms with E-state index < -0.39 is 0 Å². The SMILES string of the molecule is O=C(Nc1ccc(Cl)cc1)c1ccnc(N2CCCc3ccccc32)c1. The van der Waals surface area contributed by atoms with E-state index in [1.165, 1.54) is 11.3 Å². The van der Waals surface area contributed by atoms with Gasteiger partial charge in [0.1, 0.15) is 5.82 Å². The topological polar surface area (TPSA) is 45.2 Å². The number of nitrogens with one attached hydrogen (secondary N) is 1. The first kappa shape index (κ1) is 16.6. The van der Waals surface area contributed by atoms with Gasteiger partial charge in [-0.05, 0) is 60.9 Å². The van der Waals surface area contributed by atoms with Gasteiger partial charge in [-0.1, -0.05) is 29.8 Å². The average molecular weight is 364 g/mol. The number of aromatic nitrogens is 1. The van der Waals surface area contributed by atoms with Crippen molar-refractivity contribution >= 4 is 34.7 Å². The van der Waals surface area contributed by atoms with Gasteiger partial charge in [-0.2, -0.15) is 0 Å². The summed E-state index contributed by atoms with van der Waals surface area (Å²) in [4.78, 5) is 19.3. The lowest BCUT2D eigenvalue weighted by Crippen LogP contribution is -2.25. The largest absolute Gasteiger partial charge is 0.326 e. The summed E-state index contributed by atoms with van der Waals surface area (Å²) in [6, 6.07) is 19.0. The van der Waals surface area contributed by atoms with E-state index >= 15 is 0 Å². The molecule has 0 bridgehead atoms. The number of carbonyl (C=O) groups is 1. The molecular formula is C21H18ClN3O. The molecule has 5 heteroatoms. The zero-order valence-corrected chi connectivity index (χ0v) is 14.9. The van der Waals surface area contributed by atoms with Gasteiger partial charge in [0.2, 0.25) is 0 Å². The smallest absolute Gasteiger partial charge is 0.255 e. The summed E-state index contributed by atoms with van der Waals surface area (Å²) in [5, 5.41) is 3.53. The van der Waals surface area contributed by atoms with Crippen LogP contribution in [0.1, 0.15) is 22.3 Å². The molecule has 0 aliphatic carbocycles. The first-order valence-electron chi connectivity index (χ1n) is 8.59. The van der Waals surface area contributed by atoms with Crippen molar-refractivity contribution < 1.29 is 4.79 Å². The Balaban J connectivity index is 1.59. The maximum atomic E-state index is 12.6. The van der Waals surface area contributed by atoms with E-state index in [-0.39, 0.29) is 5.91 Å². The van der Waals surface area contributed by atoms with E-state index in [0.717, 1.165) is 25.2 Å². The number of hydrogen-bond acceptors (Lipinski definition) is 3. The Hall–Kier alpha value is -2.85. The predicted molar refractivity (Wildman–Crippen MR) is 105 cm³/mol. The summed E-state index contributed by atoms with van der Waals surface area (Å²) in [6.45, 7) is 0.895. The molecule has 26 heavy (non-hydrogen) atoms. The van der Waals surface area contributed by atoms with Crippen molar-refractivity contribution in [2.45, 2.75) is 12.8 Å². The highest BCUT2D eigenvalue weighted by atomic mass is 35.5. The molecule has 2 heterocycles. The molecule has 1 aliphatic heterocycles. The van der Waals surface area contributed by atoms with Crippen molar-refractivity contribution in [3.63, 3.8) is 0 Å². The third-order valence-electron chi connectivity index (χ3n) is 4.50. The maximum Gasteiger partial charge on any atom is 0.255 e. The first-order chi connectivity index (χ1) is 12.7. The Morgan fingerprint density at radius 1 is 1.08 bits per heavy atom. The molecule has 1 amide bonds. The zero-order valence-electron chi connectivity index (χ0n) is 14.2. The highest BCUT2D eigenvalue weighted by Gasteiger charge is 2.19. The number of nitrogens with zero attached hydrogens (tertiary/aromatic N) is 2. The van der Waals surface area contributed by atoms with Crippen molar-refractivity contribution in [1.29, 1.82) is 0 Å². The van der Waals surface area contributed by atoms with Crippen molar-refractivity contribution in [3.05, 3.63) is 83.0 Å². The van der Waals surface area contributed by atoms with E-state index in [4.69, 9.17) is 11.6 Å². The first-order valence-corrected chi connectivity index (χ1v) is 8.97. The number of rotatable bonds is 3. The van der Waals surface area contributed by atoms with Crippen LogP contribution in [-0.2, 0) is 6.42 Å². The molecule has 3 aromatic rings. The fraction of sp³-hybridized carbons (Fsp3) is 0.143. The van der Waals surface area contributed by atoms with Crippen LogP contribution in [-0.4, -0.2) is 17.4 Å². The second kappa shape index (κ2) is 7.18. The van der Waals surface area contributed by atoms with Crippen LogP contribution in [0.5, 0.6) is 0 Å². The summed E-state index contributed by atoms with van der Waals surface area (Å²) >= 11 is 5.89. The molecule has 0 fully saturated rings. The molecule has 0 spiro atoms. The summed E-state index contributed by atoms with van der Waals surface area (Å²) in [6.07, 6.45) is 3.83. The summed E-state index contributed by atoms with van der Waals surface area (Å²) in [7, 11) is 0. The lowest BCUT2D eigenvalue weighted by atomic mass is 10.0. The number of benzene rings is 2. The van der Waals surface area contributed by atoms with Gasteiger partial charge in [0, 0.05) is 34.7 Å². The number of para-hydroxylation sites is 1. The molecule has 0 saturated carbocycles. The molecule has 1 N–H and O–H groups in total. The maximum absolute atomic E-state index is 12.6. The van der Waals surface area contributed by atoms with Crippen LogP contribution in [0.3, 0.4) is 0 Å². The fourth-order valence-electron chi connectivity index (χ4n) is 3.22. The number of pyridine rings is 1. The van der Waals surface area contributed by atoms with Crippen molar-refractivity contribution in [1.82, 2.24) is 4.98 Å². The van der Waals surface area contributed by atoms with Gasteiger partial charge in [-0.25, -0.2) is 4.98 Å². The van der Waals surface area contributed by atoms with Gasteiger partial charge in [-0.15, -0.1) is 0 Å². The molecule has 0 radical (unpaired) electrons. The molecule has 1 aliphatic rings.